The van der Waals surface area contributed by atoms with Gasteiger partial charge in [-0.2, -0.15) is 13.2 Å². The van der Waals surface area contributed by atoms with E-state index in [1.54, 1.807) is 18.3 Å². The number of hydrogen-bond acceptors (Lipinski definition) is 6. The van der Waals surface area contributed by atoms with E-state index >= 15 is 0 Å². The van der Waals surface area contributed by atoms with Gasteiger partial charge in [-0.25, -0.2) is 8.42 Å². The fraction of sp³-hybridized carbons (Fsp3) is 0.130. The number of benzene rings is 2. The van der Waals surface area contributed by atoms with Gasteiger partial charge in [0.25, 0.3) is 5.91 Å². The molecule has 4 rings (SSSR count). The molecular weight excluding hydrogens is 473 g/mol. The van der Waals surface area contributed by atoms with E-state index in [1.165, 1.54) is 37.6 Å². The number of nitrogens with zero attached hydrogens (tertiary/aromatic N) is 1. The minimum Gasteiger partial charge on any atom is -0.497 e. The van der Waals surface area contributed by atoms with Crippen LogP contribution in [0.4, 0.5) is 13.2 Å². The van der Waals surface area contributed by atoms with E-state index in [0.717, 1.165) is 12.1 Å². The maximum Gasteiger partial charge on any atom is 0.417 e. The monoisotopic (exact) mass is 490 g/mol. The highest BCUT2D eigenvalue weighted by molar-refractivity contribution is 7.91. The number of carbonyl (C=O) groups excluding carboxylic acids is 1. The van der Waals surface area contributed by atoms with Gasteiger partial charge in [0.15, 0.2) is 11.3 Å². The molecular formula is C23H17F3N2O5S. The van der Waals surface area contributed by atoms with Gasteiger partial charge in [0.2, 0.25) is 9.84 Å². The van der Waals surface area contributed by atoms with Crippen LogP contribution in [0.25, 0.3) is 11.0 Å². The molecule has 0 aliphatic carbocycles. The number of carbonyl (C=O) groups is 1. The number of sulfone groups is 1. The molecule has 4 aromatic rings. The number of halogens is 3. The summed E-state index contributed by atoms with van der Waals surface area (Å²) in [5.41, 5.74) is -0.320. The number of ether oxygens (including phenoxy) is 1. The zero-order valence-corrected chi connectivity index (χ0v) is 18.4. The van der Waals surface area contributed by atoms with Gasteiger partial charge in [-0.3, -0.25) is 9.78 Å². The number of hydrogen-bond donors (Lipinski definition) is 1. The average Bonchev–Trinajstić information content (AvgIpc) is 3.26. The van der Waals surface area contributed by atoms with Crippen molar-refractivity contribution < 1.29 is 35.5 Å². The van der Waals surface area contributed by atoms with Gasteiger partial charge in [-0.1, -0.05) is 12.1 Å². The van der Waals surface area contributed by atoms with Crippen LogP contribution < -0.4 is 10.1 Å². The van der Waals surface area contributed by atoms with Crippen molar-refractivity contribution in [3.8, 4) is 5.75 Å². The maximum atomic E-state index is 13.5. The number of furan rings is 1. The number of alkyl halides is 3. The molecule has 0 aliphatic rings. The Morgan fingerprint density at radius 1 is 1.09 bits per heavy atom. The molecule has 176 valence electrons. The molecule has 0 saturated carbocycles. The number of nitrogens with one attached hydrogen (secondary N) is 1. The Balaban J connectivity index is 1.52. The lowest BCUT2D eigenvalue weighted by atomic mass is 10.2. The number of methoxy groups -OCH3 is 1. The molecule has 0 saturated heterocycles. The summed E-state index contributed by atoms with van der Waals surface area (Å²) in [6.07, 6.45) is -1.84. The molecule has 34 heavy (non-hydrogen) atoms. The minimum absolute atomic E-state index is 0.0464. The fourth-order valence-corrected chi connectivity index (χ4v) is 4.73. The second-order valence-electron chi connectivity index (χ2n) is 7.21. The lowest BCUT2D eigenvalue weighted by Crippen LogP contribution is -2.22. The van der Waals surface area contributed by atoms with E-state index in [9.17, 15) is 26.4 Å². The highest BCUT2D eigenvalue weighted by atomic mass is 32.2. The zero-order chi connectivity index (χ0) is 24.5. The van der Waals surface area contributed by atoms with Crippen LogP contribution in [0.2, 0.25) is 0 Å². The van der Waals surface area contributed by atoms with E-state index in [0.29, 0.717) is 22.6 Å². The van der Waals surface area contributed by atoms with Crippen LogP contribution >= 0.6 is 0 Å². The molecule has 0 fully saturated rings. The second kappa shape index (κ2) is 8.82. The number of fused-ring (bicyclic) bond motifs is 1. The normalized spacial score (nSPS) is 12.0. The van der Waals surface area contributed by atoms with Gasteiger partial charge in [0, 0.05) is 18.1 Å². The van der Waals surface area contributed by atoms with Crippen LogP contribution in [-0.4, -0.2) is 26.4 Å². The molecule has 1 N–H and O–H groups in total. The lowest BCUT2D eigenvalue weighted by molar-refractivity contribution is -0.140. The van der Waals surface area contributed by atoms with Gasteiger partial charge in [0.1, 0.15) is 5.75 Å². The largest absolute Gasteiger partial charge is 0.497 e. The van der Waals surface area contributed by atoms with Crippen molar-refractivity contribution in [2.45, 2.75) is 22.5 Å². The molecule has 2 aromatic heterocycles. The summed E-state index contributed by atoms with van der Waals surface area (Å²) in [7, 11) is -3.28. The van der Waals surface area contributed by atoms with Crippen LogP contribution in [0.5, 0.6) is 5.75 Å². The summed E-state index contributed by atoms with van der Waals surface area (Å²) in [5.74, 6) is -0.514. The van der Waals surface area contributed by atoms with Crippen molar-refractivity contribution in [2.24, 2.45) is 0 Å². The van der Waals surface area contributed by atoms with Crippen LogP contribution in [0, 0.1) is 0 Å². The van der Waals surface area contributed by atoms with Crippen molar-refractivity contribution >= 4 is 26.7 Å². The predicted octanol–water partition coefficient (Wildman–Crippen LogP) is 4.62. The summed E-state index contributed by atoms with van der Waals surface area (Å²) < 4.78 is 76.5. The maximum absolute atomic E-state index is 13.5. The Morgan fingerprint density at radius 2 is 1.82 bits per heavy atom. The first kappa shape index (κ1) is 23.3. The third-order valence-corrected chi connectivity index (χ3v) is 6.84. The molecule has 0 bridgehead atoms. The van der Waals surface area contributed by atoms with Crippen molar-refractivity contribution in [2.75, 3.05) is 7.11 Å². The highest BCUT2D eigenvalue weighted by Gasteiger charge is 2.38. The van der Waals surface area contributed by atoms with E-state index in [1.807, 2.05) is 0 Å². The molecule has 11 heteroatoms. The van der Waals surface area contributed by atoms with E-state index in [-0.39, 0.29) is 22.9 Å². The minimum atomic E-state index is -4.89. The number of aromatic nitrogens is 1. The topological polar surface area (TPSA) is 98.5 Å². The Labute approximate surface area is 192 Å². The van der Waals surface area contributed by atoms with Crippen LogP contribution in [0.1, 0.15) is 21.7 Å². The van der Waals surface area contributed by atoms with Crippen LogP contribution in [-0.2, 0) is 22.6 Å². The Morgan fingerprint density at radius 3 is 2.47 bits per heavy atom. The molecule has 2 aromatic carbocycles. The number of amides is 1. The molecule has 0 radical (unpaired) electrons. The first-order chi connectivity index (χ1) is 16.1. The Kier molecular flexibility index (Phi) is 6.05. The molecule has 0 unspecified atom stereocenters. The van der Waals surface area contributed by atoms with Gasteiger partial charge in [-0.15, -0.1) is 0 Å². The van der Waals surface area contributed by atoms with Crippen molar-refractivity contribution in [1.29, 1.82) is 0 Å². The average molecular weight is 490 g/mol. The summed E-state index contributed by atoms with van der Waals surface area (Å²) in [5, 5.41) is 3.36. The summed E-state index contributed by atoms with van der Waals surface area (Å²) in [6, 6.07) is 11.1. The summed E-state index contributed by atoms with van der Waals surface area (Å²) in [6.45, 7) is 0.0464. The molecule has 7 nitrogen and oxygen atoms in total. The van der Waals surface area contributed by atoms with E-state index in [4.69, 9.17) is 9.15 Å². The highest BCUT2D eigenvalue weighted by Crippen LogP contribution is 2.38. The van der Waals surface area contributed by atoms with Gasteiger partial charge >= 0.3 is 6.18 Å². The molecule has 1 amide bonds. The lowest BCUT2D eigenvalue weighted by Gasteiger charge is -2.15. The first-order valence-electron chi connectivity index (χ1n) is 9.80. The fourth-order valence-electron chi connectivity index (χ4n) is 3.27. The SMILES string of the molecule is COc1ccc(S(=O)(=O)c2ccc(CNC(=O)c3cc4ccncc4o3)cc2)c(C(F)(F)F)c1. The van der Waals surface area contributed by atoms with E-state index in [2.05, 4.69) is 10.3 Å². The van der Waals surface area contributed by atoms with Gasteiger partial charge < -0.3 is 14.5 Å². The first-order valence-corrected chi connectivity index (χ1v) is 11.3. The van der Waals surface area contributed by atoms with Crippen LogP contribution in [0.15, 0.2) is 81.2 Å². The Hall–Kier alpha value is -3.86. The van der Waals surface area contributed by atoms with Crippen molar-refractivity contribution in [1.82, 2.24) is 10.3 Å². The standard InChI is InChI=1S/C23H17F3N2O5S/c1-32-16-4-7-21(18(11-16)23(24,25)26)34(30,31)17-5-2-14(3-6-17)12-28-22(29)19-10-15-8-9-27-13-20(15)33-19/h2-11,13H,12H2,1H3,(H,28,29). The third-order valence-electron chi connectivity index (χ3n) is 5.02. The zero-order valence-electron chi connectivity index (χ0n) is 17.6. The molecule has 0 atom stereocenters. The molecule has 0 aliphatic heterocycles. The molecule has 2 heterocycles. The van der Waals surface area contributed by atoms with Gasteiger partial charge in [0.05, 0.1) is 28.7 Å². The number of rotatable bonds is 6. The Bertz CT molecular complexity index is 1430. The predicted molar refractivity (Wildman–Crippen MR) is 115 cm³/mol. The molecule has 0 spiro atoms. The van der Waals surface area contributed by atoms with Crippen molar-refractivity contribution in [3.05, 3.63) is 83.9 Å². The second-order valence-corrected chi connectivity index (χ2v) is 9.13. The van der Waals surface area contributed by atoms with E-state index < -0.39 is 32.4 Å². The van der Waals surface area contributed by atoms with Crippen molar-refractivity contribution in [3.63, 3.8) is 0 Å². The number of pyridine rings is 1. The summed E-state index contributed by atoms with van der Waals surface area (Å²) in [4.78, 5) is 15.1. The quantitative estimate of drug-likeness (QED) is 0.424. The third kappa shape index (κ3) is 4.60. The van der Waals surface area contributed by atoms with Gasteiger partial charge in [-0.05, 0) is 48.0 Å². The van der Waals surface area contributed by atoms with Crippen LogP contribution in [0.3, 0.4) is 0 Å². The smallest absolute Gasteiger partial charge is 0.417 e. The summed E-state index contributed by atoms with van der Waals surface area (Å²) >= 11 is 0.